The Kier molecular flexibility index (Phi) is 3.65. The molecule has 2 N–H and O–H groups in total. The lowest BCUT2D eigenvalue weighted by Crippen LogP contribution is -2.09. The van der Waals surface area contributed by atoms with Crippen molar-refractivity contribution >= 4 is 11.3 Å². The van der Waals surface area contributed by atoms with Crippen molar-refractivity contribution in [2.75, 3.05) is 0 Å². The zero-order valence-corrected chi connectivity index (χ0v) is 10.4. The summed E-state index contributed by atoms with van der Waals surface area (Å²) in [4.78, 5) is 8.60. The molecule has 2 rings (SSSR count). The molecule has 90 valence electrons. The normalized spacial score (nSPS) is 12.6. The van der Waals surface area contributed by atoms with Crippen LogP contribution in [0.15, 0.2) is 22.6 Å². The van der Waals surface area contributed by atoms with Gasteiger partial charge in [-0.2, -0.15) is 4.98 Å². The Morgan fingerprint density at radius 2 is 2.41 bits per heavy atom. The SMILES string of the molecule is C=CCC(N)c1nc(Cc2nc(C)cs2)no1. The number of thiazole rings is 1. The van der Waals surface area contributed by atoms with Crippen molar-refractivity contribution in [3.8, 4) is 0 Å². The maximum Gasteiger partial charge on any atom is 0.243 e. The average molecular weight is 250 g/mol. The van der Waals surface area contributed by atoms with E-state index in [0.717, 1.165) is 10.7 Å². The van der Waals surface area contributed by atoms with E-state index < -0.39 is 0 Å². The van der Waals surface area contributed by atoms with E-state index in [-0.39, 0.29) is 6.04 Å². The van der Waals surface area contributed by atoms with Crippen molar-refractivity contribution < 1.29 is 4.52 Å². The number of nitrogens with zero attached hydrogens (tertiary/aromatic N) is 3. The predicted octanol–water partition coefficient (Wildman–Crippen LogP) is 2.00. The van der Waals surface area contributed by atoms with Crippen molar-refractivity contribution in [2.24, 2.45) is 5.73 Å². The summed E-state index contributed by atoms with van der Waals surface area (Å²) >= 11 is 1.59. The quantitative estimate of drug-likeness (QED) is 0.821. The molecule has 0 saturated heterocycles. The summed E-state index contributed by atoms with van der Waals surface area (Å²) in [6.07, 6.45) is 2.94. The molecule has 1 unspecified atom stereocenters. The van der Waals surface area contributed by atoms with E-state index in [1.54, 1.807) is 17.4 Å². The van der Waals surface area contributed by atoms with Crippen LogP contribution in [0, 0.1) is 6.92 Å². The lowest BCUT2D eigenvalue weighted by Gasteiger charge is -1.99. The summed E-state index contributed by atoms with van der Waals surface area (Å²) < 4.78 is 5.10. The van der Waals surface area contributed by atoms with Crippen LogP contribution in [0.25, 0.3) is 0 Å². The van der Waals surface area contributed by atoms with E-state index in [9.17, 15) is 0 Å². The summed E-state index contributed by atoms with van der Waals surface area (Å²) in [5.74, 6) is 1.07. The lowest BCUT2D eigenvalue weighted by molar-refractivity contribution is 0.352. The predicted molar refractivity (Wildman–Crippen MR) is 65.7 cm³/mol. The van der Waals surface area contributed by atoms with Gasteiger partial charge in [0, 0.05) is 11.1 Å². The van der Waals surface area contributed by atoms with Gasteiger partial charge in [0.25, 0.3) is 0 Å². The van der Waals surface area contributed by atoms with Crippen molar-refractivity contribution in [1.29, 1.82) is 0 Å². The second-order valence-corrected chi connectivity index (χ2v) is 4.68. The second-order valence-electron chi connectivity index (χ2n) is 3.74. The molecule has 0 radical (unpaired) electrons. The Labute approximate surface area is 103 Å². The van der Waals surface area contributed by atoms with E-state index in [4.69, 9.17) is 10.3 Å². The first-order valence-electron chi connectivity index (χ1n) is 5.29. The Bertz CT molecular complexity index is 505. The zero-order chi connectivity index (χ0) is 12.3. The molecule has 0 saturated carbocycles. The largest absolute Gasteiger partial charge is 0.338 e. The van der Waals surface area contributed by atoms with Crippen molar-refractivity contribution in [3.63, 3.8) is 0 Å². The Hall–Kier alpha value is -1.53. The molecular formula is C11H14N4OS. The maximum absolute atomic E-state index is 5.84. The molecule has 5 nitrogen and oxygen atoms in total. The number of nitrogens with two attached hydrogens (primary N) is 1. The molecule has 2 aromatic rings. The molecule has 0 aliphatic heterocycles. The van der Waals surface area contributed by atoms with E-state index in [2.05, 4.69) is 21.7 Å². The fraction of sp³-hybridized carbons (Fsp3) is 0.364. The van der Waals surface area contributed by atoms with Crippen LogP contribution in [0.1, 0.15) is 34.9 Å². The molecule has 0 aliphatic rings. The monoisotopic (exact) mass is 250 g/mol. The van der Waals surface area contributed by atoms with Crippen molar-refractivity contribution in [1.82, 2.24) is 15.1 Å². The average Bonchev–Trinajstić information content (AvgIpc) is 2.89. The molecule has 6 heteroatoms. The molecule has 2 heterocycles. The summed E-state index contributed by atoms with van der Waals surface area (Å²) in [6, 6.07) is -0.271. The Morgan fingerprint density at radius 3 is 3.06 bits per heavy atom. The first kappa shape index (κ1) is 11.9. The van der Waals surface area contributed by atoms with E-state index in [1.807, 2.05) is 12.3 Å². The zero-order valence-electron chi connectivity index (χ0n) is 9.59. The minimum Gasteiger partial charge on any atom is -0.338 e. The van der Waals surface area contributed by atoms with Crippen molar-refractivity contribution in [2.45, 2.75) is 25.8 Å². The molecule has 1 atom stereocenters. The van der Waals surface area contributed by atoms with Crippen LogP contribution in [0.2, 0.25) is 0 Å². The Morgan fingerprint density at radius 1 is 1.59 bits per heavy atom. The molecule has 0 amide bonds. The van der Waals surface area contributed by atoms with Crippen LogP contribution in [-0.2, 0) is 6.42 Å². The molecule has 0 spiro atoms. The van der Waals surface area contributed by atoms with Crippen LogP contribution in [0.5, 0.6) is 0 Å². The lowest BCUT2D eigenvalue weighted by atomic mass is 10.2. The van der Waals surface area contributed by atoms with Gasteiger partial charge in [-0.15, -0.1) is 17.9 Å². The highest BCUT2D eigenvalue weighted by Gasteiger charge is 2.14. The van der Waals surface area contributed by atoms with Gasteiger partial charge in [-0.1, -0.05) is 11.2 Å². The highest BCUT2D eigenvalue weighted by atomic mass is 32.1. The standard InChI is InChI=1S/C11H14N4OS/c1-3-4-8(12)11-14-9(15-16-11)5-10-13-7(2)6-17-10/h3,6,8H,1,4-5,12H2,2H3. The summed E-state index contributed by atoms with van der Waals surface area (Å²) in [5, 5.41) is 6.87. The first-order chi connectivity index (χ1) is 8.19. The maximum atomic E-state index is 5.84. The molecule has 0 bridgehead atoms. The second kappa shape index (κ2) is 5.20. The van der Waals surface area contributed by atoms with Gasteiger partial charge in [-0.25, -0.2) is 4.98 Å². The number of hydrogen-bond acceptors (Lipinski definition) is 6. The van der Waals surface area contributed by atoms with Crippen molar-refractivity contribution in [3.05, 3.63) is 40.5 Å². The van der Waals surface area contributed by atoms with Gasteiger partial charge in [-0.05, 0) is 13.3 Å². The highest BCUT2D eigenvalue weighted by molar-refractivity contribution is 7.09. The molecule has 0 aliphatic carbocycles. The molecule has 2 aromatic heterocycles. The molecule has 17 heavy (non-hydrogen) atoms. The third-order valence-corrected chi connectivity index (χ3v) is 3.16. The van der Waals surface area contributed by atoms with E-state index in [0.29, 0.717) is 24.6 Å². The van der Waals surface area contributed by atoms with Crippen LogP contribution in [0.4, 0.5) is 0 Å². The highest BCUT2D eigenvalue weighted by Crippen LogP contribution is 2.15. The fourth-order valence-electron chi connectivity index (χ4n) is 1.39. The minimum absolute atomic E-state index is 0.271. The van der Waals surface area contributed by atoms with Crippen LogP contribution >= 0.6 is 11.3 Å². The Balaban J connectivity index is 2.05. The number of aryl methyl sites for hydroxylation is 1. The van der Waals surface area contributed by atoms with Gasteiger partial charge in [0.2, 0.25) is 5.89 Å². The molecule has 0 fully saturated rings. The van der Waals surface area contributed by atoms with Gasteiger partial charge in [0.15, 0.2) is 5.82 Å². The van der Waals surface area contributed by atoms with Crippen LogP contribution in [-0.4, -0.2) is 15.1 Å². The summed E-state index contributed by atoms with van der Waals surface area (Å²) in [6.45, 7) is 5.59. The smallest absolute Gasteiger partial charge is 0.243 e. The van der Waals surface area contributed by atoms with E-state index in [1.165, 1.54) is 0 Å². The summed E-state index contributed by atoms with van der Waals surface area (Å²) in [7, 11) is 0. The van der Waals surface area contributed by atoms with Gasteiger partial charge in [0.1, 0.15) is 5.01 Å². The topological polar surface area (TPSA) is 77.8 Å². The molecular weight excluding hydrogens is 236 g/mol. The number of rotatable bonds is 5. The summed E-state index contributed by atoms with van der Waals surface area (Å²) in [5.41, 5.74) is 6.85. The third kappa shape index (κ3) is 2.98. The number of hydrogen-bond donors (Lipinski definition) is 1. The van der Waals surface area contributed by atoms with Gasteiger partial charge >= 0.3 is 0 Å². The van der Waals surface area contributed by atoms with Gasteiger partial charge in [-0.3, -0.25) is 0 Å². The van der Waals surface area contributed by atoms with Crippen LogP contribution < -0.4 is 5.73 Å². The third-order valence-electron chi connectivity index (χ3n) is 2.20. The van der Waals surface area contributed by atoms with Gasteiger partial charge < -0.3 is 10.3 Å². The fourth-order valence-corrected chi connectivity index (χ4v) is 2.16. The number of aromatic nitrogens is 3. The van der Waals surface area contributed by atoms with Gasteiger partial charge in [0.05, 0.1) is 12.5 Å². The van der Waals surface area contributed by atoms with Crippen LogP contribution in [0.3, 0.4) is 0 Å². The molecule has 0 aromatic carbocycles. The minimum atomic E-state index is -0.271. The van der Waals surface area contributed by atoms with E-state index >= 15 is 0 Å². The first-order valence-corrected chi connectivity index (χ1v) is 6.17.